The van der Waals surface area contributed by atoms with Crippen molar-refractivity contribution in [2.45, 2.75) is 119 Å². The normalized spacial score (nSPS) is 20.1. The Balaban J connectivity index is 0.000000497. The lowest BCUT2D eigenvalue weighted by Gasteiger charge is -2.32. The molecule has 0 aromatic heterocycles. The van der Waals surface area contributed by atoms with Gasteiger partial charge in [0, 0.05) is 17.9 Å². The Morgan fingerprint density at radius 2 is 1.65 bits per heavy atom. The van der Waals surface area contributed by atoms with E-state index in [0.717, 1.165) is 49.1 Å². The Labute approximate surface area is 208 Å². The summed E-state index contributed by atoms with van der Waals surface area (Å²) in [5, 5.41) is 0. The standard InChI is InChI=1S/C24H34O3.C7H14/c1-6-8-19(20(7-2)22(26)11-17(5)25)12-18-13-21-15(3)9-10-16(4)24(21)23(27)14-18;1-7-5-3-2-4-6-7/h9-10,18-20H,6-8,11-14H2,1-5H3;7H,2-6H2,1H3. The highest BCUT2D eigenvalue weighted by atomic mass is 16.1. The molecule has 0 spiro atoms. The molecule has 0 saturated heterocycles. The van der Waals surface area contributed by atoms with Gasteiger partial charge in [-0.05, 0) is 74.5 Å². The Morgan fingerprint density at radius 3 is 2.18 bits per heavy atom. The van der Waals surface area contributed by atoms with Crippen LogP contribution in [0.5, 0.6) is 0 Å². The molecule has 190 valence electrons. The summed E-state index contributed by atoms with van der Waals surface area (Å²) < 4.78 is 0. The van der Waals surface area contributed by atoms with Gasteiger partial charge in [-0.25, -0.2) is 0 Å². The van der Waals surface area contributed by atoms with E-state index in [-0.39, 0.29) is 35.6 Å². The smallest absolute Gasteiger partial charge is 0.163 e. The number of benzene rings is 1. The first kappa shape index (κ1) is 28.5. The molecule has 1 saturated carbocycles. The van der Waals surface area contributed by atoms with Crippen LogP contribution in [0.4, 0.5) is 0 Å². The number of Topliss-reactive ketones (excluding diaryl/α,β-unsaturated/α-hetero) is 3. The van der Waals surface area contributed by atoms with E-state index in [1.165, 1.54) is 50.2 Å². The monoisotopic (exact) mass is 468 g/mol. The molecule has 0 N–H and O–H groups in total. The van der Waals surface area contributed by atoms with Gasteiger partial charge < -0.3 is 0 Å². The van der Waals surface area contributed by atoms with Gasteiger partial charge in [0.1, 0.15) is 11.6 Å². The van der Waals surface area contributed by atoms with Crippen molar-refractivity contribution in [3.05, 3.63) is 34.4 Å². The SMILES string of the molecule is CC1CCCCC1.CCCC(CC1CC(=O)c2c(C)ccc(C)c2C1)C(CC)C(=O)CC(C)=O. The highest BCUT2D eigenvalue weighted by Crippen LogP contribution is 2.37. The van der Waals surface area contributed by atoms with E-state index in [2.05, 4.69) is 26.8 Å². The van der Waals surface area contributed by atoms with E-state index in [1.54, 1.807) is 0 Å². The maximum absolute atomic E-state index is 12.8. The van der Waals surface area contributed by atoms with Crippen molar-refractivity contribution in [1.29, 1.82) is 0 Å². The van der Waals surface area contributed by atoms with Gasteiger partial charge in [0.15, 0.2) is 5.78 Å². The predicted octanol–water partition coefficient (Wildman–Crippen LogP) is 8.02. The van der Waals surface area contributed by atoms with Crippen LogP contribution in [0.15, 0.2) is 12.1 Å². The van der Waals surface area contributed by atoms with Crippen LogP contribution in [0.25, 0.3) is 0 Å². The van der Waals surface area contributed by atoms with Crippen molar-refractivity contribution in [3.8, 4) is 0 Å². The van der Waals surface area contributed by atoms with Crippen LogP contribution in [0.2, 0.25) is 0 Å². The Bertz CT molecular complexity index is 831. The lowest BCUT2D eigenvalue weighted by atomic mass is 9.71. The van der Waals surface area contributed by atoms with E-state index in [1.807, 2.05) is 19.9 Å². The third-order valence-corrected chi connectivity index (χ3v) is 8.04. The van der Waals surface area contributed by atoms with Crippen molar-refractivity contribution < 1.29 is 14.4 Å². The molecule has 3 atom stereocenters. The van der Waals surface area contributed by atoms with Crippen LogP contribution in [0, 0.1) is 37.5 Å². The van der Waals surface area contributed by atoms with Crippen LogP contribution >= 0.6 is 0 Å². The summed E-state index contributed by atoms with van der Waals surface area (Å²) in [7, 11) is 0. The fourth-order valence-electron chi connectivity index (χ4n) is 6.20. The molecule has 3 nitrogen and oxygen atoms in total. The minimum Gasteiger partial charge on any atom is -0.300 e. The first-order valence-electron chi connectivity index (χ1n) is 13.8. The number of carbonyl (C=O) groups excluding carboxylic acids is 3. The van der Waals surface area contributed by atoms with Crippen molar-refractivity contribution in [3.63, 3.8) is 0 Å². The van der Waals surface area contributed by atoms with Crippen LogP contribution in [0.3, 0.4) is 0 Å². The molecule has 3 rings (SSSR count). The lowest BCUT2D eigenvalue weighted by Crippen LogP contribution is -2.30. The zero-order chi connectivity index (χ0) is 25.3. The number of hydrogen-bond acceptors (Lipinski definition) is 3. The van der Waals surface area contributed by atoms with Crippen molar-refractivity contribution >= 4 is 17.3 Å². The number of rotatable bonds is 9. The number of carbonyl (C=O) groups is 3. The van der Waals surface area contributed by atoms with E-state index in [9.17, 15) is 14.4 Å². The highest BCUT2D eigenvalue weighted by molar-refractivity contribution is 6.00. The Morgan fingerprint density at radius 1 is 1.00 bits per heavy atom. The number of aryl methyl sites for hydroxylation is 2. The third kappa shape index (κ3) is 8.17. The maximum atomic E-state index is 12.8. The zero-order valence-electron chi connectivity index (χ0n) is 22.7. The first-order chi connectivity index (χ1) is 16.2. The fourth-order valence-corrected chi connectivity index (χ4v) is 6.20. The van der Waals surface area contributed by atoms with Gasteiger partial charge >= 0.3 is 0 Å². The quantitative estimate of drug-likeness (QED) is 0.345. The summed E-state index contributed by atoms with van der Waals surface area (Å²) in [5.41, 5.74) is 4.40. The molecule has 0 radical (unpaired) electrons. The fraction of sp³-hybridized carbons (Fsp3) is 0.710. The second-order valence-electron chi connectivity index (χ2n) is 11.1. The van der Waals surface area contributed by atoms with Crippen LogP contribution < -0.4 is 0 Å². The highest BCUT2D eigenvalue weighted by Gasteiger charge is 2.33. The van der Waals surface area contributed by atoms with E-state index in [4.69, 9.17) is 0 Å². The van der Waals surface area contributed by atoms with E-state index in [0.29, 0.717) is 12.3 Å². The van der Waals surface area contributed by atoms with Gasteiger partial charge in [-0.3, -0.25) is 14.4 Å². The van der Waals surface area contributed by atoms with Gasteiger partial charge in [-0.15, -0.1) is 0 Å². The average molecular weight is 469 g/mol. The summed E-state index contributed by atoms with van der Waals surface area (Å²) in [6, 6.07) is 4.15. The molecule has 0 amide bonds. The predicted molar refractivity (Wildman–Crippen MR) is 141 cm³/mol. The largest absolute Gasteiger partial charge is 0.300 e. The van der Waals surface area contributed by atoms with Crippen molar-refractivity contribution in [2.24, 2.45) is 23.7 Å². The van der Waals surface area contributed by atoms with Gasteiger partial charge in [0.2, 0.25) is 0 Å². The topological polar surface area (TPSA) is 51.2 Å². The molecule has 1 aromatic rings. The zero-order valence-corrected chi connectivity index (χ0v) is 22.7. The molecule has 3 heteroatoms. The Kier molecular flexibility index (Phi) is 11.7. The summed E-state index contributed by atoms with van der Waals surface area (Å²) in [6.45, 7) is 12.1. The van der Waals surface area contributed by atoms with E-state index >= 15 is 0 Å². The molecule has 0 heterocycles. The minimum absolute atomic E-state index is 0.0451. The lowest BCUT2D eigenvalue weighted by molar-refractivity contribution is -0.129. The second kappa shape index (κ2) is 14.0. The molecular weight excluding hydrogens is 420 g/mol. The number of fused-ring (bicyclic) bond motifs is 1. The molecule has 0 bridgehead atoms. The van der Waals surface area contributed by atoms with Crippen molar-refractivity contribution in [1.82, 2.24) is 0 Å². The van der Waals surface area contributed by atoms with Crippen LogP contribution in [0.1, 0.15) is 125 Å². The average Bonchev–Trinajstić information content (AvgIpc) is 2.77. The van der Waals surface area contributed by atoms with E-state index < -0.39 is 0 Å². The maximum Gasteiger partial charge on any atom is 0.163 e. The minimum atomic E-state index is -0.0658. The van der Waals surface area contributed by atoms with Gasteiger partial charge in [0.05, 0.1) is 6.42 Å². The molecule has 1 fully saturated rings. The number of ketones is 3. The first-order valence-corrected chi connectivity index (χ1v) is 13.8. The summed E-state index contributed by atoms with van der Waals surface area (Å²) in [6.07, 6.45) is 12.6. The molecule has 2 aliphatic rings. The van der Waals surface area contributed by atoms with Crippen LogP contribution in [-0.2, 0) is 16.0 Å². The summed E-state index contributed by atoms with van der Waals surface area (Å²) in [4.78, 5) is 36.9. The molecule has 34 heavy (non-hydrogen) atoms. The summed E-state index contributed by atoms with van der Waals surface area (Å²) >= 11 is 0. The molecular formula is C31H48O3. The third-order valence-electron chi connectivity index (χ3n) is 8.04. The van der Waals surface area contributed by atoms with Gasteiger partial charge in [-0.2, -0.15) is 0 Å². The van der Waals surface area contributed by atoms with Gasteiger partial charge in [0.25, 0.3) is 0 Å². The van der Waals surface area contributed by atoms with Gasteiger partial charge in [-0.1, -0.05) is 77.8 Å². The second-order valence-corrected chi connectivity index (χ2v) is 11.1. The number of hydrogen-bond donors (Lipinski definition) is 0. The van der Waals surface area contributed by atoms with Crippen molar-refractivity contribution in [2.75, 3.05) is 0 Å². The molecule has 0 aliphatic heterocycles. The molecule has 2 aliphatic carbocycles. The summed E-state index contributed by atoms with van der Waals surface area (Å²) in [5.74, 6) is 1.80. The molecule has 1 aromatic carbocycles. The Hall–Kier alpha value is -1.77. The van der Waals surface area contributed by atoms with Crippen LogP contribution in [-0.4, -0.2) is 17.3 Å². The molecule has 3 unspecified atom stereocenters.